The first-order valence-electron chi connectivity index (χ1n) is 10.4. The molecule has 5 fully saturated rings. The maximum atomic E-state index is 12.3. The summed E-state index contributed by atoms with van der Waals surface area (Å²) in [5.41, 5.74) is 1.06. The van der Waals surface area contributed by atoms with Crippen LogP contribution in [0.2, 0.25) is 0 Å². The second kappa shape index (κ2) is 4.54. The molecule has 0 saturated heterocycles. The van der Waals surface area contributed by atoms with E-state index in [0.717, 1.165) is 37.0 Å². The molecule has 0 aromatic heterocycles. The Morgan fingerprint density at radius 2 is 1.79 bits per heavy atom. The van der Waals surface area contributed by atoms with Gasteiger partial charge in [-0.05, 0) is 92.3 Å². The van der Waals surface area contributed by atoms with Crippen molar-refractivity contribution >= 4 is 11.6 Å². The van der Waals surface area contributed by atoms with Crippen LogP contribution in [0.4, 0.5) is 0 Å². The van der Waals surface area contributed by atoms with Gasteiger partial charge in [-0.1, -0.05) is 13.8 Å². The van der Waals surface area contributed by atoms with Gasteiger partial charge in [-0.25, -0.2) is 0 Å². The highest BCUT2D eigenvalue weighted by Crippen LogP contribution is 2.79. The van der Waals surface area contributed by atoms with Crippen molar-refractivity contribution in [2.75, 3.05) is 0 Å². The normalized spacial score (nSPS) is 58.3. The topological polar surface area (TPSA) is 34.1 Å². The summed E-state index contributed by atoms with van der Waals surface area (Å²) in [6.45, 7) is 6.81. The molecular weight excluding hydrogens is 296 g/mol. The van der Waals surface area contributed by atoms with E-state index in [1.807, 2.05) is 6.92 Å². The van der Waals surface area contributed by atoms with Crippen molar-refractivity contribution in [3.63, 3.8) is 0 Å². The molecule has 0 aliphatic heterocycles. The highest BCUT2D eigenvalue weighted by Gasteiger charge is 2.74. The van der Waals surface area contributed by atoms with Crippen LogP contribution in [0.5, 0.6) is 0 Å². The molecule has 0 N–H and O–H groups in total. The van der Waals surface area contributed by atoms with E-state index in [1.54, 1.807) is 0 Å². The zero-order chi connectivity index (χ0) is 16.9. The summed E-state index contributed by atoms with van der Waals surface area (Å²) in [6, 6.07) is 0. The number of hydrogen-bond acceptors (Lipinski definition) is 2. The van der Waals surface area contributed by atoms with Crippen molar-refractivity contribution < 1.29 is 9.59 Å². The van der Waals surface area contributed by atoms with E-state index >= 15 is 0 Å². The highest BCUT2D eigenvalue weighted by molar-refractivity contribution is 5.86. The first-order chi connectivity index (χ1) is 11.3. The Hall–Kier alpha value is -0.660. The van der Waals surface area contributed by atoms with Gasteiger partial charge in [-0.2, -0.15) is 0 Å². The Morgan fingerprint density at radius 1 is 1.00 bits per heavy atom. The maximum Gasteiger partial charge on any atom is 0.136 e. The third-order valence-corrected chi connectivity index (χ3v) is 10.2. The number of carbonyl (C=O) groups is 2. The van der Waals surface area contributed by atoms with Crippen molar-refractivity contribution in [1.82, 2.24) is 0 Å². The molecule has 0 unspecified atom stereocenters. The lowest BCUT2D eigenvalue weighted by Gasteiger charge is -2.61. The molecule has 2 nitrogen and oxygen atoms in total. The SMILES string of the molecule is CC(=O)[C@H]1CC[C@H]2[C@@H]3CC[C@@]45C[C@@H]4C(=O)CC[C@]5(C)[C@H]3CC[C@]12C. The minimum atomic E-state index is 0.265. The van der Waals surface area contributed by atoms with Crippen LogP contribution >= 0.6 is 0 Å². The van der Waals surface area contributed by atoms with Gasteiger partial charge >= 0.3 is 0 Å². The summed E-state index contributed by atoms with van der Waals surface area (Å²) < 4.78 is 0. The molecule has 132 valence electrons. The molecule has 8 atom stereocenters. The lowest BCUT2D eigenvalue weighted by atomic mass is 9.44. The molecule has 5 rings (SSSR count). The van der Waals surface area contributed by atoms with Crippen molar-refractivity contribution in [3.8, 4) is 0 Å². The summed E-state index contributed by atoms with van der Waals surface area (Å²) in [6.07, 6.45) is 10.7. The molecule has 0 bridgehead atoms. The number of carbonyl (C=O) groups excluding carboxylic acids is 2. The van der Waals surface area contributed by atoms with E-state index in [1.165, 1.54) is 38.5 Å². The van der Waals surface area contributed by atoms with Crippen LogP contribution in [0.15, 0.2) is 0 Å². The van der Waals surface area contributed by atoms with Gasteiger partial charge in [-0.15, -0.1) is 0 Å². The molecular formula is C22H32O2. The Balaban J connectivity index is 1.49. The third kappa shape index (κ3) is 1.60. The predicted molar refractivity (Wildman–Crippen MR) is 93.3 cm³/mol. The number of ketones is 2. The van der Waals surface area contributed by atoms with Gasteiger partial charge in [0.2, 0.25) is 0 Å². The third-order valence-electron chi connectivity index (χ3n) is 10.2. The molecule has 2 heteroatoms. The second-order valence-corrected chi connectivity index (χ2v) is 10.5. The van der Waals surface area contributed by atoms with Gasteiger partial charge in [0, 0.05) is 18.3 Å². The first kappa shape index (κ1) is 15.6. The highest BCUT2D eigenvalue weighted by atomic mass is 16.1. The molecule has 0 aromatic rings. The van der Waals surface area contributed by atoms with Crippen LogP contribution in [-0.2, 0) is 9.59 Å². The largest absolute Gasteiger partial charge is 0.300 e. The Bertz CT molecular complexity index is 623. The minimum absolute atomic E-state index is 0.265. The average Bonchev–Trinajstić information content (AvgIpc) is 3.17. The molecule has 0 heterocycles. The van der Waals surface area contributed by atoms with E-state index in [4.69, 9.17) is 0 Å². The summed E-state index contributed by atoms with van der Waals surface area (Å²) in [7, 11) is 0. The quantitative estimate of drug-likeness (QED) is 0.692. The molecule has 0 radical (unpaired) electrons. The summed E-state index contributed by atoms with van der Waals surface area (Å²) in [5, 5.41) is 0. The van der Waals surface area contributed by atoms with E-state index in [2.05, 4.69) is 13.8 Å². The van der Waals surface area contributed by atoms with Crippen molar-refractivity contribution in [2.45, 2.75) is 78.6 Å². The standard InChI is InChI=1S/C22H32O2/c1-13(23)15-4-5-16-14-6-11-22-12-18(22)19(24)8-10-21(22,3)17(14)7-9-20(15,16)2/h14-18H,4-12H2,1-3H3/t14-,15+,16-,17-,18+,20+,21+,22+/m0/s1. The van der Waals surface area contributed by atoms with Gasteiger partial charge in [0.15, 0.2) is 0 Å². The lowest BCUT2D eigenvalue weighted by molar-refractivity contribution is -0.146. The van der Waals surface area contributed by atoms with Crippen LogP contribution in [0.3, 0.4) is 0 Å². The molecule has 24 heavy (non-hydrogen) atoms. The van der Waals surface area contributed by atoms with Crippen LogP contribution in [0.25, 0.3) is 0 Å². The average molecular weight is 328 g/mol. The Morgan fingerprint density at radius 3 is 2.54 bits per heavy atom. The zero-order valence-electron chi connectivity index (χ0n) is 15.6. The number of hydrogen-bond donors (Lipinski definition) is 0. The monoisotopic (exact) mass is 328 g/mol. The molecule has 1 spiro atoms. The number of Topliss-reactive ketones (excluding diaryl/α,β-unsaturated/α-hetero) is 2. The van der Waals surface area contributed by atoms with Crippen molar-refractivity contribution in [2.24, 2.45) is 45.8 Å². The number of fused-ring (bicyclic) bond motifs is 4. The van der Waals surface area contributed by atoms with Crippen LogP contribution in [0.1, 0.15) is 78.6 Å². The summed E-state index contributed by atoms with van der Waals surface area (Å²) in [4.78, 5) is 24.5. The van der Waals surface area contributed by atoms with Gasteiger partial charge in [0.05, 0.1) is 0 Å². The zero-order valence-corrected chi connectivity index (χ0v) is 15.6. The van der Waals surface area contributed by atoms with E-state index in [-0.39, 0.29) is 5.41 Å². The first-order valence-corrected chi connectivity index (χ1v) is 10.4. The van der Waals surface area contributed by atoms with Crippen molar-refractivity contribution in [3.05, 3.63) is 0 Å². The van der Waals surface area contributed by atoms with E-state index in [9.17, 15) is 9.59 Å². The predicted octanol–water partition coefficient (Wildman–Crippen LogP) is 4.80. The lowest BCUT2D eigenvalue weighted by Crippen LogP contribution is -2.55. The van der Waals surface area contributed by atoms with Crippen LogP contribution in [-0.4, -0.2) is 11.6 Å². The van der Waals surface area contributed by atoms with Gasteiger partial charge in [-0.3, -0.25) is 9.59 Å². The second-order valence-electron chi connectivity index (χ2n) is 10.5. The molecule has 5 saturated carbocycles. The minimum Gasteiger partial charge on any atom is -0.300 e. The Kier molecular flexibility index (Phi) is 2.95. The fraction of sp³-hybridized carbons (Fsp3) is 0.909. The molecule has 0 amide bonds. The van der Waals surface area contributed by atoms with Crippen molar-refractivity contribution in [1.29, 1.82) is 0 Å². The van der Waals surface area contributed by atoms with Gasteiger partial charge in [0.1, 0.15) is 11.6 Å². The van der Waals surface area contributed by atoms with Gasteiger partial charge < -0.3 is 0 Å². The van der Waals surface area contributed by atoms with Crippen LogP contribution in [0, 0.1) is 45.8 Å². The molecule has 5 aliphatic carbocycles. The van der Waals surface area contributed by atoms with Crippen LogP contribution < -0.4 is 0 Å². The number of rotatable bonds is 1. The van der Waals surface area contributed by atoms with Gasteiger partial charge in [0.25, 0.3) is 0 Å². The fourth-order valence-electron chi connectivity index (χ4n) is 8.85. The summed E-state index contributed by atoms with van der Waals surface area (Å²) >= 11 is 0. The molecule has 0 aromatic carbocycles. The van der Waals surface area contributed by atoms with E-state index in [0.29, 0.717) is 34.2 Å². The smallest absolute Gasteiger partial charge is 0.136 e. The van der Waals surface area contributed by atoms with E-state index < -0.39 is 0 Å². The fourth-order valence-corrected chi connectivity index (χ4v) is 8.85. The summed E-state index contributed by atoms with van der Waals surface area (Å²) in [5.74, 6) is 4.12. The Labute approximate surface area is 146 Å². The molecule has 5 aliphatic rings. The maximum absolute atomic E-state index is 12.3.